The summed E-state index contributed by atoms with van der Waals surface area (Å²) in [5.41, 5.74) is 0.0562. The van der Waals surface area contributed by atoms with Crippen LogP contribution in [0.15, 0.2) is 18.2 Å². The monoisotopic (exact) mass is 318 g/mol. The summed E-state index contributed by atoms with van der Waals surface area (Å²) in [7, 11) is 0. The van der Waals surface area contributed by atoms with Crippen LogP contribution in [-0.4, -0.2) is 41.0 Å². The molecule has 6 heteroatoms. The Hall–Kier alpha value is -1.95. The van der Waals surface area contributed by atoms with Gasteiger partial charge in [0.15, 0.2) is 0 Å². The maximum Gasteiger partial charge on any atom is 0.321 e. The average Bonchev–Trinajstić information content (AvgIpc) is 2.55. The van der Waals surface area contributed by atoms with Crippen molar-refractivity contribution in [3.63, 3.8) is 0 Å². The molecule has 2 bridgehead atoms. The molecule has 3 aliphatic heterocycles. The van der Waals surface area contributed by atoms with Gasteiger partial charge in [0.1, 0.15) is 17.6 Å². The number of phenols is 1. The van der Waals surface area contributed by atoms with Gasteiger partial charge in [-0.05, 0) is 31.0 Å². The van der Waals surface area contributed by atoms with E-state index in [2.05, 4.69) is 12.2 Å². The molecule has 4 rings (SSSR count). The van der Waals surface area contributed by atoms with Gasteiger partial charge in [0, 0.05) is 25.1 Å². The van der Waals surface area contributed by atoms with Crippen LogP contribution < -0.4 is 10.1 Å². The van der Waals surface area contributed by atoms with E-state index in [-0.39, 0.29) is 23.9 Å². The molecule has 0 saturated carbocycles. The van der Waals surface area contributed by atoms with Crippen molar-refractivity contribution in [1.29, 1.82) is 0 Å². The Labute approximate surface area is 135 Å². The number of phenolic OH excluding ortho intramolecular Hbond substituents is 1. The predicted molar refractivity (Wildman–Crippen MR) is 83.3 cm³/mol. The number of unbranched alkanes of at least 4 members (excludes halogenated alkanes) is 1. The van der Waals surface area contributed by atoms with Crippen LogP contribution >= 0.6 is 0 Å². The molecule has 2 saturated heterocycles. The summed E-state index contributed by atoms with van der Waals surface area (Å²) < 4.78 is 12.4. The van der Waals surface area contributed by atoms with E-state index in [0.717, 1.165) is 37.0 Å². The third kappa shape index (κ3) is 2.08. The van der Waals surface area contributed by atoms with Crippen LogP contribution in [0.2, 0.25) is 0 Å². The molecule has 2 N–H and O–H groups in total. The normalized spacial score (nSPS) is 31.7. The van der Waals surface area contributed by atoms with Gasteiger partial charge in [0.25, 0.3) is 0 Å². The number of urea groups is 1. The lowest BCUT2D eigenvalue weighted by Gasteiger charge is -2.58. The Morgan fingerprint density at radius 3 is 3.17 bits per heavy atom. The lowest BCUT2D eigenvalue weighted by molar-refractivity contribution is -0.223. The van der Waals surface area contributed by atoms with Crippen LogP contribution in [-0.2, 0) is 4.74 Å². The Morgan fingerprint density at radius 2 is 2.35 bits per heavy atom. The van der Waals surface area contributed by atoms with Crippen LogP contribution in [0.1, 0.15) is 44.2 Å². The number of fused-ring (bicyclic) bond motifs is 2. The first-order chi connectivity index (χ1) is 11.2. The molecule has 23 heavy (non-hydrogen) atoms. The summed E-state index contributed by atoms with van der Waals surface area (Å²) in [6, 6.07) is 4.66. The van der Waals surface area contributed by atoms with Gasteiger partial charge in [-0.2, -0.15) is 0 Å². The largest absolute Gasteiger partial charge is 0.508 e. The zero-order valence-electron chi connectivity index (χ0n) is 13.2. The van der Waals surface area contributed by atoms with E-state index >= 15 is 0 Å². The number of amides is 2. The van der Waals surface area contributed by atoms with Gasteiger partial charge in [0.2, 0.25) is 5.72 Å². The van der Waals surface area contributed by atoms with Crippen molar-refractivity contribution in [2.75, 3.05) is 13.2 Å². The van der Waals surface area contributed by atoms with Crippen LogP contribution in [0.3, 0.4) is 0 Å². The van der Waals surface area contributed by atoms with Crippen LogP contribution in [0.4, 0.5) is 4.79 Å². The van der Waals surface area contributed by atoms with Gasteiger partial charge in [-0.15, -0.1) is 0 Å². The second-order valence-corrected chi connectivity index (χ2v) is 6.50. The Bertz CT molecular complexity index is 635. The number of carbonyl (C=O) groups excluding carboxylic acids is 1. The molecule has 124 valence electrons. The highest BCUT2D eigenvalue weighted by Crippen LogP contribution is 2.50. The fraction of sp³-hybridized carbons (Fsp3) is 0.588. The highest BCUT2D eigenvalue weighted by molar-refractivity contribution is 5.78. The van der Waals surface area contributed by atoms with E-state index in [1.807, 2.05) is 4.90 Å². The smallest absolute Gasteiger partial charge is 0.321 e. The lowest BCUT2D eigenvalue weighted by atomic mass is 9.82. The van der Waals surface area contributed by atoms with E-state index in [1.54, 1.807) is 18.2 Å². The zero-order valence-corrected chi connectivity index (χ0v) is 13.2. The van der Waals surface area contributed by atoms with Crippen molar-refractivity contribution >= 4 is 6.03 Å². The first-order valence-corrected chi connectivity index (χ1v) is 8.37. The van der Waals surface area contributed by atoms with Gasteiger partial charge in [0.05, 0.1) is 6.04 Å². The SMILES string of the molecule is CCCCN1C(=O)NC2c3cc(O)ccc3OC13CCCOC23. The Kier molecular flexibility index (Phi) is 3.37. The summed E-state index contributed by atoms with van der Waals surface area (Å²) in [6.45, 7) is 3.43. The van der Waals surface area contributed by atoms with E-state index in [0.29, 0.717) is 13.2 Å². The van der Waals surface area contributed by atoms with E-state index in [4.69, 9.17) is 9.47 Å². The minimum Gasteiger partial charge on any atom is -0.508 e. The molecule has 6 nitrogen and oxygen atoms in total. The standard InChI is InChI=1S/C17H22N2O4/c1-2-3-8-19-16(21)18-14-12-10-11(20)5-6-13(12)23-17(19)7-4-9-22-15(14)17/h5-6,10,14-15,20H,2-4,7-9H2,1H3,(H,18,21). The fourth-order valence-electron chi connectivity index (χ4n) is 3.99. The molecule has 2 fully saturated rings. The second kappa shape index (κ2) is 5.30. The molecule has 0 aromatic heterocycles. The van der Waals surface area contributed by atoms with Crippen molar-refractivity contribution in [3.05, 3.63) is 23.8 Å². The minimum atomic E-state index is -0.732. The lowest BCUT2D eigenvalue weighted by Crippen LogP contribution is -2.75. The molecule has 3 aliphatic rings. The number of rotatable bonds is 3. The topological polar surface area (TPSA) is 71.0 Å². The predicted octanol–water partition coefficient (Wildman–Crippen LogP) is 2.53. The minimum absolute atomic E-state index is 0.112. The van der Waals surface area contributed by atoms with Crippen molar-refractivity contribution < 1.29 is 19.4 Å². The first kappa shape index (κ1) is 14.6. The number of benzene rings is 1. The van der Waals surface area contributed by atoms with Gasteiger partial charge in [-0.25, -0.2) is 4.79 Å². The van der Waals surface area contributed by atoms with E-state index in [1.165, 1.54) is 0 Å². The van der Waals surface area contributed by atoms with Crippen molar-refractivity contribution in [2.45, 2.75) is 50.5 Å². The summed E-state index contributed by atoms with van der Waals surface area (Å²) in [5.74, 6) is 0.884. The van der Waals surface area contributed by atoms with Crippen molar-refractivity contribution in [3.8, 4) is 11.5 Å². The maximum absolute atomic E-state index is 12.7. The quantitative estimate of drug-likeness (QED) is 0.898. The number of nitrogens with zero attached hydrogens (tertiary/aromatic N) is 1. The van der Waals surface area contributed by atoms with Gasteiger partial charge in [-0.1, -0.05) is 13.3 Å². The van der Waals surface area contributed by atoms with Crippen molar-refractivity contribution in [2.24, 2.45) is 0 Å². The van der Waals surface area contributed by atoms with Crippen LogP contribution in [0.5, 0.6) is 11.5 Å². The molecule has 0 radical (unpaired) electrons. The summed E-state index contributed by atoms with van der Waals surface area (Å²) in [4.78, 5) is 14.5. The molecular weight excluding hydrogens is 296 g/mol. The molecule has 0 aliphatic carbocycles. The number of aromatic hydroxyl groups is 1. The van der Waals surface area contributed by atoms with Gasteiger partial charge >= 0.3 is 6.03 Å². The van der Waals surface area contributed by atoms with Crippen LogP contribution in [0.25, 0.3) is 0 Å². The third-order valence-corrected chi connectivity index (χ3v) is 5.06. The molecule has 3 unspecified atom stereocenters. The van der Waals surface area contributed by atoms with Gasteiger partial charge < -0.3 is 19.9 Å². The molecule has 0 spiro atoms. The summed E-state index contributed by atoms with van der Waals surface area (Å²) >= 11 is 0. The highest BCUT2D eigenvalue weighted by atomic mass is 16.6. The third-order valence-electron chi connectivity index (χ3n) is 5.06. The second-order valence-electron chi connectivity index (χ2n) is 6.50. The summed E-state index contributed by atoms with van der Waals surface area (Å²) in [5, 5.41) is 12.8. The Morgan fingerprint density at radius 1 is 1.48 bits per heavy atom. The number of carbonyl (C=O) groups is 1. The molecule has 3 heterocycles. The number of hydrogen-bond donors (Lipinski definition) is 2. The summed E-state index contributed by atoms with van der Waals surface area (Å²) in [6.07, 6.45) is 3.33. The number of hydrogen-bond acceptors (Lipinski definition) is 4. The van der Waals surface area contributed by atoms with E-state index < -0.39 is 5.72 Å². The zero-order chi connectivity index (χ0) is 16.0. The first-order valence-electron chi connectivity index (χ1n) is 8.37. The van der Waals surface area contributed by atoms with Crippen LogP contribution in [0, 0.1) is 0 Å². The molecule has 2 amide bonds. The highest BCUT2D eigenvalue weighted by Gasteiger charge is 2.61. The molecular formula is C17H22N2O4. The average molecular weight is 318 g/mol. The Balaban J connectivity index is 1.81. The number of ether oxygens (including phenoxy) is 2. The van der Waals surface area contributed by atoms with E-state index in [9.17, 15) is 9.90 Å². The van der Waals surface area contributed by atoms with Gasteiger partial charge in [-0.3, -0.25) is 4.90 Å². The molecule has 3 atom stereocenters. The maximum atomic E-state index is 12.7. The van der Waals surface area contributed by atoms with Crippen molar-refractivity contribution in [1.82, 2.24) is 10.2 Å². The number of nitrogens with one attached hydrogen (secondary N) is 1. The molecule has 1 aromatic rings. The fourth-order valence-corrected chi connectivity index (χ4v) is 3.99. The molecule has 1 aromatic carbocycles.